The molecule has 0 aromatic carbocycles. The maximum Gasteiger partial charge on any atom is 0.242 e. The topological polar surface area (TPSA) is 49.6 Å². The Hall–Kier alpha value is -1.66. The summed E-state index contributed by atoms with van der Waals surface area (Å²) in [5.74, 6) is 1.99. The Balaban J connectivity index is 1.73. The minimum Gasteiger partial charge on any atom is -0.465 e. The van der Waals surface area contributed by atoms with Crippen molar-refractivity contribution in [3.8, 4) is 0 Å². The number of furan rings is 1. The first-order valence-corrected chi connectivity index (χ1v) is 8.99. The van der Waals surface area contributed by atoms with Gasteiger partial charge >= 0.3 is 0 Å². The Kier molecular flexibility index (Phi) is 5.13. The number of aromatic nitrogens is 1. The van der Waals surface area contributed by atoms with Crippen molar-refractivity contribution in [2.45, 2.75) is 38.6 Å². The van der Waals surface area contributed by atoms with Gasteiger partial charge in [0, 0.05) is 18.6 Å². The molecular weight excluding hydrogens is 310 g/mol. The van der Waals surface area contributed by atoms with Crippen molar-refractivity contribution in [1.29, 1.82) is 0 Å². The molecule has 2 aromatic heterocycles. The van der Waals surface area contributed by atoms with Crippen LogP contribution in [0.4, 0.5) is 5.13 Å². The molecule has 0 spiro atoms. The van der Waals surface area contributed by atoms with Crippen LogP contribution in [0.3, 0.4) is 0 Å². The van der Waals surface area contributed by atoms with Gasteiger partial charge < -0.3 is 4.42 Å². The van der Waals surface area contributed by atoms with Crippen molar-refractivity contribution in [2.24, 2.45) is 0 Å². The van der Waals surface area contributed by atoms with E-state index in [1.165, 1.54) is 24.2 Å². The molecule has 0 aliphatic carbocycles. The number of likely N-dealkylation sites (tertiary alicyclic amines) is 1. The van der Waals surface area contributed by atoms with Crippen molar-refractivity contribution in [1.82, 2.24) is 9.88 Å². The van der Waals surface area contributed by atoms with Crippen LogP contribution in [0.15, 0.2) is 28.1 Å². The quantitative estimate of drug-likeness (QED) is 0.857. The minimum absolute atomic E-state index is 0.0788. The summed E-state index contributed by atoms with van der Waals surface area (Å²) in [7, 11) is 1.80. The van der Waals surface area contributed by atoms with Crippen LogP contribution in [0.1, 0.15) is 43.2 Å². The molecule has 1 fully saturated rings. The maximum absolute atomic E-state index is 12.6. The van der Waals surface area contributed by atoms with E-state index >= 15 is 0 Å². The zero-order chi connectivity index (χ0) is 16.2. The number of carbonyl (C=O) groups excluding carboxylic acids is 1. The van der Waals surface area contributed by atoms with Crippen LogP contribution in [0.5, 0.6) is 0 Å². The van der Waals surface area contributed by atoms with E-state index in [0.29, 0.717) is 6.54 Å². The highest BCUT2D eigenvalue weighted by Crippen LogP contribution is 2.31. The number of likely N-dealkylation sites (N-methyl/N-ethyl adjacent to an activating group) is 1. The lowest BCUT2D eigenvalue weighted by atomic mass is 10.1. The fraction of sp³-hybridized carbons (Fsp3) is 0.529. The second-order valence-corrected chi connectivity index (χ2v) is 6.92. The molecule has 3 rings (SSSR count). The molecule has 1 saturated heterocycles. The summed E-state index contributed by atoms with van der Waals surface area (Å²) in [6, 6.07) is 4.25. The van der Waals surface area contributed by atoms with Crippen molar-refractivity contribution >= 4 is 22.4 Å². The molecule has 0 N–H and O–H groups in total. The van der Waals surface area contributed by atoms with E-state index in [9.17, 15) is 4.79 Å². The second-order valence-electron chi connectivity index (χ2n) is 6.05. The Labute approximate surface area is 140 Å². The van der Waals surface area contributed by atoms with E-state index in [1.54, 1.807) is 18.1 Å². The van der Waals surface area contributed by atoms with Crippen molar-refractivity contribution < 1.29 is 9.21 Å². The van der Waals surface area contributed by atoms with Gasteiger partial charge in [-0.15, -0.1) is 11.3 Å². The average molecular weight is 333 g/mol. The first-order chi connectivity index (χ1) is 11.1. The summed E-state index contributed by atoms with van der Waals surface area (Å²) in [6.07, 6.45) is 6.29. The molecule has 0 bridgehead atoms. The van der Waals surface area contributed by atoms with Gasteiger partial charge in [0.25, 0.3) is 0 Å². The van der Waals surface area contributed by atoms with Gasteiger partial charge in [0.05, 0.1) is 12.6 Å². The minimum atomic E-state index is 0.0788. The predicted octanol–water partition coefficient (Wildman–Crippen LogP) is 3.62. The van der Waals surface area contributed by atoms with Crippen molar-refractivity contribution in [2.75, 3.05) is 25.0 Å². The van der Waals surface area contributed by atoms with Gasteiger partial charge in [0.1, 0.15) is 11.5 Å². The molecule has 0 radical (unpaired) electrons. The molecule has 0 saturated carbocycles. The Morgan fingerprint density at radius 1 is 1.43 bits per heavy atom. The summed E-state index contributed by atoms with van der Waals surface area (Å²) in [5, 5.41) is 2.63. The van der Waals surface area contributed by atoms with E-state index < -0.39 is 0 Å². The van der Waals surface area contributed by atoms with Crippen LogP contribution < -0.4 is 4.90 Å². The number of rotatable bonds is 4. The van der Waals surface area contributed by atoms with Gasteiger partial charge in [-0.3, -0.25) is 14.6 Å². The number of amides is 1. The Bertz CT molecular complexity index is 638. The van der Waals surface area contributed by atoms with Gasteiger partial charge in [-0.1, -0.05) is 12.8 Å². The number of hydrogen-bond donors (Lipinski definition) is 0. The van der Waals surface area contributed by atoms with Gasteiger partial charge in [0.2, 0.25) is 5.91 Å². The van der Waals surface area contributed by atoms with Gasteiger partial charge in [0.15, 0.2) is 5.13 Å². The third-order valence-corrected chi connectivity index (χ3v) is 5.22. The summed E-state index contributed by atoms with van der Waals surface area (Å²) < 4.78 is 5.85. The SMILES string of the molecule is Cc1ccc([C@@H]2CCCCCN2CC(=O)N(C)c2nccs2)o1. The van der Waals surface area contributed by atoms with E-state index in [0.717, 1.165) is 36.0 Å². The summed E-state index contributed by atoms with van der Waals surface area (Å²) >= 11 is 1.48. The second kappa shape index (κ2) is 7.27. The number of aryl methyl sites for hydroxylation is 1. The third kappa shape index (κ3) is 3.82. The molecule has 1 amide bonds. The van der Waals surface area contributed by atoms with Gasteiger partial charge in [-0.25, -0.2) is 4.98 Å². The summed E-state index contributed by atoms with van der Waals surface area (Å²) in [6.45, 7) is 3.30. The number of hydrogen-bond acceptors (Lipinski definition) is 5. The van der Waals surface area contributed by atoms with E-state index in [1.807, 2.05) is 24.4 Å². The normalized spacial score (nSPS) is 19.5. The van der Waals surface area contributed by atoms with E-state index in [-0.39, 0.29) is 11.9 Å². The molecule has 1 atom stereocenters. The monoisotopic (exact) mass is 333 g/mol. The molecular formula is C17H23N3O2S. The molecule has 3 heterocycles. The molecule has 1 aliphatic heterocycles. The average Bonchev–Trinajstić information content (AvgIpc) is 3.16. The number of thiazole rings is 1. The molecule has 5 nitrogen and oxygen atoms in total. The summed E-state index contributed by atoms with van der Waals surface area (Å²) in [5.41, 5.74) is 0. The molecule has 23 heavy (non-hydrogen) atoms. The largest absolute Gasteiger partial charge is 0.465 e. The van der Waals surface area contributed by atoms with Gasteiger partial charge in [-0.2, -0.15) is 0 Å². The number of anilines is 1. The highest BCUT2D eigenvalue weighted by Gasteiger charge is 2.28. The first kappa shape index (κ1) is 16.2. The highest BCUT2D eigenvalue weighted by molar-refractivity contribution is 7.13. The highest BCUT2D eigenvalue weighted by atomic mass is 32.1. The van der Waals surface area contributed by atoms with E-state index in [4.69, 9.17) is 4.42 Å². The fourth-order valence-corrected chi connectivity index (χ4v) is 3.70. The Morgan fingerprint density at radius 3 is 3.00 bits per heavy atom. The summed E-state index contributed by atoms with van der Waals surface area (Å²) in [4.78, 5) is 20.8. The van der Waals surface area contributed by atoms with Crippen molar-refractivity contribution in [3.63, 3.8) is 0 Å². The van der Waals surface area contributed by atoms with Crippen molar-refractivity contribution in [3.05, 3.63) is 35.2 Å². The maximum atomic E-state index is 12.6. The van der Waals surface area contributed by atoms with Crippen LogP contribution in [0.25, 0.3) is 0 Å². The number of nitrogens with zero attached hydrogens (tertiary/aromatic N) is 3. The van der Waals surface area contributed by atoms with Crippen LogP contribution in [-0.4, -0.2) is 35.9 Å². The zero-order valence-electron chi connectivity index (χ0n) is 13.7. The van der Waals surface area contributed by atoms with Gasteiger partial charge in [-0.05, 0) is 38.4 Å². The standard InChI is InChI=1S/C17H23N3O2S/c1-13-7-8-15(22-13)14-6-4-3-5-10-20(14)12-16(21)19(2)17-18-9-11-23-17/h7-9,11,14H,3-6,10,12H2,1-2H3/t14-/m0/s1. The molecule has 124 valence electrons. The third-order valence-electron chi connectivity index (χ3n) is 4.37. The predicted molar refractivity (Wildman–Crippen MR) is 91.8 cm³/mol. The molecule has 0 unspecified atom stereocenters. The lowest BCUT2D eigenvalue weighted by molar-refractivity contribution is -0.120. The molecule has 2 aromatic rings. The first-order valence-electron chi connectivity index (χ1n) is 8.11. The number of carbonyl (C=O) groups is 1. The zero-order valence-corrected chi connectivity index (χ0v) is 14.5. The van der Waals surface area contributed by atoms with E-state index in [2.05, 4.69) is 9.88 Å². The Morgan fingerprint density at radius 2 is 2.30 bits per heavy atom. The fourth-order valence-electron chi connectivity index (χ4n) is 3.08. The van der Waals surface area contributed by atoms with Crippen LogP contribution in [0.2, 0.25) is 0 Å². The molecule has 1 aliphatic rings. The smallest absolute Gasteiger partial charge is 0.242 e. The van der Waals surface area contributed by atoms with Crippen LogP contribution in [-0.2, 0) is 4.79 Å². The van der Waals surface area contributed by atoms with Crippen LogP contribution >= 0.6 is 11.3 Å². The lowest BCUT2D eigenvalue weighted by Gasteiger charge is -2.29. The lowest BCUT2D eigenvalue weighted by Crippen LogP contribution is -2.40. The van der Waals surface area contributed by atoms with Crippen LogP contribution in [0, 0.1) is 6.92 Å². The molecule has 6 heteroatoms.